The fraction of sp³-hybridized carbons (Fsp3) is 0.417. The van der Waals surface area contributed by atoms with Gasteiger partial charge in [-0.2, -0.15) is 0 Å². The van der Waals surface area contributed by atoms with Crippen LogP contribution >= 0.6 is 15.9 Å². The van der Waals surface area contributed by atoms with Crippen molar-refractivity contribution in [2.75, 3.05) is 32.8 Å². The highest BCUT2D eigenvalue weighted by atomic mass is 79.9. The van der Waals surface area contributed by atoms with Gasteiger partial charge in [0.15, 0.2) is 12.4 Å². The van der Waals surface area contributed by atoms with Crippen molar-refractivity contribution in [2.24, 2.45) is 0 Å². The van der Waals surface area contributed by atoms with Crippen molar-refractivity contribution in [1.29, 1.82) is 0 Å². The monoisotopic (exact) mass is 343 g/mol. The van der Waals surface area contributed by atoms with Crippen LogP contribution in [0.3, 0.4) is 0 Å². The number of piperazine rings is 1. The topological polar surface area (TPSA) is 84.7 Å². The highest BCUT2D eigenvalue weighted by Gasteiger charge is 2.20. The van der Waals surface area contributed by atoms with Crippen molar-refractivity contribution in [2.45, 2.75) is 0 Å². The minimum Gasteiger partial charge on any atom is -0.477 e. The summed E-state index contributed by atoms with van der Waals surface area (Å²) in [5.41, 5.74) is -0.160. The van der Waals surface area contributed by atoms with Gasteiger partial charge in [0.05, 0.1) is 4.92 Å². The van der Waals surface area contributed by atoms with Gasteiger partial charge in [-0.15, -0.1) is 0 Å². The molecule has 0 aromatic heterocycles. The van der Waals surface area contributed by atoms with Gasteiger partial charge in [-0.05, 0) is 12.1 Å². The maximum Gasteiger partial charge on any atom is 0.312 e. The van der Waals surface area contributed by atoms with Gasteiger partial charge in [-0.1, -0.05) is 15.9 Å². The summed E-state index contributed by atoms with van der Waals surface area (Å²) < 4.78 is 5.88. The Morgan fingerprint density at radius 2 is 2.15 bits per heavy atom. The van der Waals surface area contributed by atoms with E-state index < -0.39 is 4.92 Å². The number of nitro benzene ring substituents is 1. The summed E-state index contributed by atoms with van der Waals surface area (Å²) in [6.07, 6.45) is 0. The smallest absolute Gasteiger partial charge is 0.312 e. The molecule has 1 amide bonds. The maximum absolute atomic E-state index is 11.9. The molecular weight excluding hydrogens is 330 g/mol. The third-order valence-electron chi connectivity index (χ3n) is 2.94. The first kappa shape index (κ1) is 14.7. The highest BCUT2D eigenvalue weighted by molar-refractivity contribution is 9.10. The molecule has 1 aromatic rings. The van der Waals surface area contributed by atoms with E-state index in [0.29, 0.717) is 17.6 Å². The van der Waals surface area contributed by atoms with Crippen LogP contribution < -0.4 is 10.1 Å². The van der Waals surface area contributed by atoms with E-state index in [2.05, 4.69) is 21.2 Å². The van der Waals surface area contributed by atoms with Crippen LogP contribution in [0.4, 0.5) is 5.69 Å². The average molecular weight is 344 g/mol. The van der Waals surface area contributed by atoms with Gasteiger partial charge >= 0.3 is 5.69 Å². The lowest BCUT2D eigenvalue weighted by atomic mass is 10.3. The molecule has 1 saturated heterocycles. The molecule has 7 nitrogen and oxygen atoms in total. The quantitative estimate of drug-likeness (QED) is 0.655. The normalized spacial score (nSPS) is 14.9. The second kappa shape index (κ2) is 6.67. The van der Waals surface area contributed by atoms with Crippen molar-refractivity contribution >= 4 is 27.5 Å². The van der Waals surface area contributed by atoms with E-state index in [1.165, 1.54) is 12.1 Å². The number of nitrogens with zero attached hydrogens (tertiary/aromatic N) is 2. The minimum atomic E-state index is -0.532. The van der Waals surface area contributed by atoms with Crippen LogP contribution in [0.1, 0.15) is 0 Å². The summed E-state index contributed by atoms with van der Waals surface area (Å²) in [7, 11) is 0. The van der Waals surface area contributed by atoms with Gasteiger partial charge < -0.3 is 15.0 Å². The lowest BCUT2D eigenvalue weighted by molar-refractivity contribution is -0.385. The van der Waals surface area contributed by atoms with Crippen molar-refractivity contribution in [3.8, 4) is 5.75 Å². The van der Waals surface area contributed by atoms with E-state index in [1.807, 2.05) is 0 Å². The zero-order chi connectivity index (χ0) is 14.5. The molecule has 0 atom stereocenters. The molecule has 1 aromatic carbocycles. The summed E-state index contributed by atoms with van der Waals surface area (Å²) in [5, 5.41) is 14.1. The van der Waals surface area contributed by atoms with E-state index in [-0.39, 0.29) is 24.0 Å². The molecule has 0 saturated carbocycles. The number of nitro groups is 1. The number of benzene rings is 1. The van der Waals surface area contributed by atoms with Crippen LogP contribution in [0.5, 0.6) is 5.75 Å². The lowest BCUT2D eigenvalue weighted by Crippen LogP contribution is -2.47. The summed E-state index contributed by atoms with van der Waals surface area (Å²) in [4.78, 5) is 24.0. The second-order valence-corrected chi connectivity index (χ2v) is 5.20. The van der Waals surface area contributed by atoms with Gasteiger partial charge in [-0.3, -0.25) is 14.9 Å². The number of hydrogen-bond donors (Lipinski definition) is 1. The third kappa shape index (κ3) is 3.67. The van der Waals surface area contributed by atoms with Gasteiger partial charge in [0, 0.05) is 36.7 Å². The predicted molar refractivity (Wildman–Crippen MR) is 75.7 cm³/mol. The minimum absolute atomic E-state index is 0.0988. The van der Waals surface area contributed by atoms with Crippen LogP contribution in [0, 0.1) is 10.1 Å². The first-order valence-corrected chi connectivity index (χ1v) is 6.92. The Labute approximate surface area is 124 Å². The molecule has 0 radical (unpaired) electrons. The van der Waals surface area contributed by atoms with Gasteiger partial charge in [-0.25, -0.2) is 0 Å². The molecule has 1 N–H and O–H groups in total. The summed E-state index contributed by atoms with van der Waals surface area (Å²) in [6.45, 7) is 2.58. The largest absolute Gasteiger partial charge is 0.477 e. The molecule has 8 heteroatoms. The Bertz CT molecular complexity index is 517. The highest BCUT2D eigenvalue weighted by Crippen LogP contribution is 2.30. The fourth-order valence-electron chi connectivity index (χ4n) is 1.90. The molecule has 0 bridgehead atoms. The van der Waals surface area contributed by atoms with E-state index in [9.17, 15) is 14.9 Å². The summed E-state index contributed by atoms with van der Waals surface area (Å²) >= 11 is 3.17. The van der Waals surface area contributed by atoms with Crippen molar-refractivity contribution < 1.29 is 14.5 Å². The standard InChI is InChI=1S/C12H14BrN3O4/c13-9-1-2-11(10(7-9)16(18)19)20-8-12(17)15-5-3-14-4-6-15/h1-2,7,14H,3-6,8H2. The molecule has 0 unspecified atom stereocenters. The molecule has 1 fully saturated rings. The van der Waals surface area contributed by atoms with E-state index in [1.54, 1.807) is 11.0 Å². The predicted octanol–water partition coefficient (Wildman–Crippen LogP) is 1.17. The Morgan fingerprint density at radius 3 is 2.80 bits per heavy atom. The van der Waals surface area contributed by atoms with Crippen LogP contribution in [0.2, 0.25) is 0 Å². The zero-order valence-corrected chi connectivity index (χ0v) is 12.3. The Kier molecular flexibility index (Phi) is 4.91. The van der Waals surface area contributed by atoms with Crippen LogP contribution in [0.15, 0.2) is 22.7 Å². The average Bonchev–Trinajstić information content (AvgIpc) is 2.46. The fourth-order valence-corrected chi connectivity index (χ4v) is 2.25. The lowest BCUT2D eigenvalue weighted by Gasteiger charge is -2.27. The molecule has 108 valence electrons. The Morgan fingerprint density at radius 1 is 1.45 bits per heavy atom. The molecule has 20 heavy (non-hydrogen) atoms. The van der Waals surface area contributed by atoms with Gasteiger partial charge in [0.2, 0.25) is 0 Å². The van der Waals surface area contributed by atoms with E-state index in [0.717, 1.165) is 13.1 Å². The van der Waals surface area contributed by atoms with Crippen molar-refractivity contribution in [3.63, 3.8) is 0 Å². The first-order valence-electron chi connectivity index (χ1n) is 6.13. The summed E-state index contributed by atoms with van der Waals surface area (Å²) in [5.74, 6) is -0.0644. The number of halogens is 1. The van der Waals surface area contributed by atoms with Crippen LogP contribution in [-0.4, -0.2) is 48.5 Å². The van der Waals surface area contributed by atoms with Gasteiger partial charge in [0.25, 0.3) is 5.91 Å². The number of rotatable bonds is 4. The number of carbonyl (C=O) groups excluding carboxylic acids is 1. The van der Waals surface area contributed by atoms with Gasteiger partial charge in [0.1, 0.15) is 0 Å². The van der Waals surface area contributed by atoms with Crippen molar-refractivity contribution in [3.05, 3.63) is 32.8 Å². The molecule has 1 aliphatic heterocycles. The zero-order valence-electron chi connectivity index (χ0n) is 10.7. The number of hydrogen-bond acceptors (Lipinski definition) is 5. The van der Waals surface area contributed by atoms with E-state index >= 15 is 0 Å². The summed E-state index contributed by atoms with van der Waals surface area (Å²) in [6, 6.07) is 4.47. The number of ether oxygens (including phenoxy) is 1. The second-order valence-electron chi connectivity index (χ2n) is 4.29. The van der Waals surface area contributed by atoms with E-state index in [4.69, 9.17) is 4.74 Å². The van der Waals surface area contributed by atoms with Crippen molar-refractivity contribution in [1.82, 2.24) is 10.2 Å². The SMILES string of the molecule is O=C(COc1ccc(Br)cc1[N+](=O)[O-])N1CCNCC1. The molecule has 1 heterocycles. The molecule has 0 spiro atoms. The van der Waals surface area contributed by atoms with Crippen LogP contribution in [-0.2, 0) is 4.79 Å². The number of carbonyl (C=O) groups is 1. The molecule has 1 aliphatic rings. The molecule has 0 aliphatic carbocycles. The molecule has 2 rings (SSSR count). The first-order chi connectivity index (χ1) is 9.58. The Hall–Kier alpha value is -1.67. The third-order valence-corrected chi connectivity index (χ3v) is 3.43. The molecular formula is C12H14BrN3O4. The Balaban J connectivity index is 1.99. The van der Waals surface area contributed by atoms with Crippen LogP contribution in [0.25, 0.3) is 0 Å². The number of amides is 1. The maximum atomic E-state index is 11.9. The number of nitrogens with one attached hydrogen (secondary N) is 1.